The van der Waals surface area contributed by atoms with Crippen molar-refractivity contribution in [3.8, 4) is 0 Å². The summed E-state index contributed by atoms with van der Waals surface area (Å²) in [6, 6.07) is 19.4. The Kier molecular flexibility index (Phi) is 5.83. The van der Waals surface area contributed by atoms with E-state index in [1.54, 1.807) is 12.1 Å². The van der Waals surface area contributed by atoms with Crippen molar-refractivity contribution in [2.75, 3.05) is 11.2 Å². The van der Waals surface area contributed by atoms with Gasteiger partial charge in [-0.05, 0) is 42.3 Å². The number of amides is 1. The number of sulfone groups is 1. The molecule has 4 aromatic rings. The molecule has 0 atom stereocenters. The van der Waals surface area contributed by atoms with E-state index >= 15 is 0 Å². The summed E-state index contributed by atoms with van der Waals surface area (Å²) in [6.45, 7) is 2.17. The fourth-order valence-electron chi connectivity index (χ4n) is 3.36. The number of hydrogen-bond acceptors (Lipinski definition) is 5. The third-order valence-electron chi connectivity index (χ3n) is 4.82. The molecule has 158 valence electrons. The van der Waals surface area contributed by atoms with Gasteiger partial charge in [-0.3, -0.25) is 9.69 Å². The molecule has 0 aliphatic heterocycles. The lowest BCUT2D eigenvalue weighted by molar-refractivity contribution is 0.0982. The van der Waals surface area contributed by atoms with Crippen molar-refractivity contribution in [2.45, 2.75) is 18.4 Å². The van der Waals surface area contributed by atoms with E-state index in [1.165, 1.54) is 28.4 Å². The summed E-state index contributed by atoms with van der Waals surface area (Å²) < 4.78 is 25.5. The molecule has 5 nitrogen and oxygen atoms in total. The van der Waals surface area contributed by atoms with Crippen molar-refractivity contribution >= 4 is 54.0 Å². The molecule has 4 rings (SSSR count). The van der Waals surface area contributed by atoms with E-state index in [4.69, 9.17) is 16.6 Å². The molecule has 3 aromatic carbocycles. The molecule has 0 unspecified atom stereocenters. The first kappa shape index (κ1) is 21.5. The number of carbonyl (C=O) groups excluding carboxylic acids is 1. The van der Waals surface area contributed by atoms with Crippen LogP contribution in [0.4, 0.5) is 5.13 Å². The average molecular weight is 471 g/mol. The van der Waals surface area contributed by atoms with Gasteiger partial charge >= 0.3 is 0 Å². The second kappa shape index (κ2) is 8.42. The lowest BCUT2D eigenvalue weighted by Crippen LogP contribution is -2.31. The van der Waals surface area contributed by atoms with Gasteiger partial charge in [0.25, 0.3) is 5.91 Å². The SMILES string of the molecule is Cc1cc(Cl)cc2sc(N(Cc3ccccc3)C(=O)c3ccccc3S(C)(=O)=O)nc12. The van der Waals surface area contributed by atoms with Gasteiger partial charge in [0, 0.05) is 11.3 Å². The quantitative estimate of drug-likeness (QED) is 0.385. The highest BCUT2D eigenvalue weighted by atomic mass is 35.5. The van der Waals surface area contributed by atoms with Gasteiger partial charge in [-0.25, -0.2) is 13.4 Å². The van der Waals surface area contributed by atoms with Crippen LogP contribution in [0, 0.1) is 6.92 Å². The highest BCUT2D eigenvalue weighted by Gasteiger charge is 2.26. The predicted molar refractivity (Wildman–Crippen MR) is 126 cm³/mol. The second-order valence-electron chi connectivity index (χ2n) is 7.21. The number of aromatic nitrogens is 1. The molecule has 0 spiro atoms. The first-order valence-electron chi connectivity index (χ1n) is 9.45. The van der Waals surface area contributed by atoms with Gasteiger partial charge in [0.05, 0.1) is 27.2 Å². The first-order valence-corrected chi connectivity index (χ1v) is 12.5. The molecule has 0 aliphatic rings. The van der Waals surface area contributed by atoms with Crippen molar-refractivity contribution < 1.29 is 13.2 Å². The fourth-order valence-corrected chi connectivity index (χ4v) is 5.66. The fraction of sp³-hybridized carbons (Fsp3) is 0.130. The van der Waals surface area contributed by atoms with Gasteiger partial charge in [0.1, 0.15) is 0 Å². The lowest BCUT2D eigenvalue weighted by Gasteiger charge is -2.21. The number of halogens is 1. The smallest absolute Gasteiger partial charge is 0.261 e. The van der Waals surface area contributed by atoms with Crippen LogP contribution in [0.1, 0.15) is 21.5 Å². The number of rotatable bonds is 5. The molecule has 1 aromatic heterocycles. The van der Waals surface area contributed by atoms with Gasteiger partial charge in [0.2, 0.25) is 0 Å². The van der Waals surface area contributed by atoms with Crippen molar-refractivity contribution in [3.05, 3.63) is 88.4 Å². The topological polar surface area (TPSA) is 67.3 Å². The van der Waals surface area contributed by atoms with E-state index in [9.17, 15) is 13.2 Å². The molecule has 0 saturated carbocycles. The Morgan fingerprint density at radius 2 is 1.74 bits per heavy atom. The Bertz CT molecular complexity index is 1380. The first-order chi connectivity index (χ1) is 14.7. The van der Waals surface area contributed by atoms with Gasteiger partial charge in [-0.1, -0.05) is 65.4 Å². The molecule has 0 saturated heterocycles. The zero-order valence-electron chi connectivity index (χ0n) is 16.9. The highest BCUT2D eigenvalue weighted by Crippen LogP contribution is 2.34. The van der Waals surface area contributed by atoms with E-state index < -0.39 is 15.7 Å². The minimum absolute atomic E-state index is 0.00148. The highest BCUT2D eigenvalue weighted by molar-refractivity contribution is 7.90. The summed E-state index contributed by atoms with van der Waals surface area (Å²) in [4.78, 5) is 19.9. The van der Waals surface area contributed by atoms with E-state index in [0.717, 1.165) is 27.6 Å². The summed E-state index contributed by atoms with van der Waals surface area (Å²) >= 11 is 7.55. The second-order valence-corrected chi connectivity index (χ2v) is 10.6. The molecule has 0 aliphatic carbocycles. The predicted octanol–water partition coefficient (Wildman–Crippen LogP) is 5.51. The number of carbonyl (C=O) groups is 1. The van der Waals surface area contributed by atoms with Crippen molar-refractivity contribution in [3.63, 3.8) is 0 Å². The number of hydrogen-bond donors (Lipinski definition) is 0. The van der Waals surface area contributed by atoms with Crippen molar-refractivity contribution in [1.82, 2.24) is 4.98 Å². The van der Waals surface area contributed by atoms with E-state index in [-0.39, 0.29) is 17.0 Å². The summed E-state index contributed by atoms with van der Waals surface area (Å²) in [7, 11) is -3.59. The molecule has 1 amide bonds. The molecule has 1 heterocycles. The summed E-state index contributed by atoms with van der Waals surface area (Å²) in [5.74, 6) is -0.423. The average Bonchev–Trinajstić information content (AvgIpc) is 3.16. The van der Waals surface area contributed by atoms with Crippen LogP contribution in [-0.2, 0) is 16.4 Å². The normalized spacial score (nSPS) is 11.6. The van der Waals surface area contributed by atoms with Gasteiger partial charge in [0.15, 0.2) is 15.0 Å². The molecular weight excluding hydrogens is 452 g/mol. The number of thiazole rings is 1. The maximum absolute atomic E-state index is 13.6. The number of anilines is 1. The third kappa shape index (κ3) is 4.49. The van der Waals surface area contributed by atoms with Crippen molar-refractivity contribution in [1.29, 1.82) is 0 Å². The third-order valence-corrected chi connectivity index (χ3v) is 7.21. The monoisotopic (exact) mass is 470 g/mol. The zero-order valence-corrected chi connectivity index (χ0v) is 19.3. The Hall–Kier alpha value is -2.74. The Balaban J connectivity index is 1.87. The standard InChI is InChI=1S/C23H19ClN2O3S2/c1-15-12-17(24)13-19-21(15)25-23(30-19)26(14-16-8-4-3-5-9-16)22(27)18-10-6-7-11-20(18)31(2,28)29/h3-13H,14H2,1-2H3. The number of nitrogens with zero attached hydrogens (tertiary/aromatic N) is 2. The summed E-state index contributed by atoms with van der Waals surface area (Å²) in [5.41, 5.74) is 2.71. The Morgan fingerprint density at radius 1 is 1.06 bits per heavy atom. The molecular formula is C23H19ClN2O3S2. The van der Waals surface area contributed by atoms with Crippen LogP contribution in [0.2, 0.25) is 5.02 Å². The van der Waals surface area contributed by atoms with Gasteiger partial charge in [-0.15, -0.1) is 0 Å². The van der Waals surface area contributed by atoms with Crippen LogP contribution in [0.25, 0.3) is 10.2 Å². The summed E-state index contributed by atoms with van der Waals surface area (Å²) in [5, 5.41) is 1.08. The lowest BCUT2D eigenvalue weighted by atomic mass is 10.1. The van der Waals surface area contributed by atoms with Crippen LogP contribution in [0.5, 0.6) is 0 Å². The zero-order chi connectivity index (χ0) is 22.2. The molecule has 8 heteroatoms. The maximum Gasteiger partial charge on any atom is 0.261 e. The van der Waals surface area contributed by atoms with Gasteiger partial charge in [-0.2, -0.15) is 0 Å². The maximum atomic E-state index is 13.6. The molecule has 0 fully saturated rings. The van der Waals surface area contributed by atoms with E-state index in [0.29, 0.717) is 10.2 Å². The minimum Gasteiger partial charge on any atom is -0.279 e. The van der Waals surface area contributed by atoms with Gasteiger partial charge < -0.3 is 0 Å². The largest absolute Gasteiger partial charge is 0.279 e. The Morgan fingerprint density at radius 3 is 2.45 bits per heavy atom. The number of benzene rings is 3. The van der Waals surface area contributed by atoms with Crippen molar-refractivity contribution in [2.24, 2.45) is 0 Å². The van der Waals surface area contributed by atoms with E-state index in [1.807, 2.05) is 49.4 Å². The number of fused-ring (bicyclic) bond motifs is 1. The van der Waals surface area contributed by atoms with Crippen LogP contribution in [0.3, 0.4) is 0 Å². The number of aryl methyl sites for hydroxylation is 1. The minimum atomic E-state index is -3.59. The van der Waals surface area contributed by atoms with E-state index in [2.05, 4.69) is 0 Å². The summed E-state index contributed by atoms with van der Waals surface area (Å²) in [6.07, 6.45) is 1.10. The Labute approximate surface area is 189 Å². The molecule has 0 radical (unpaired) electrons. The van der Waals surface area contributed by atoms with Crippen LogP contribution in [0.15, 0.2) is 71.6 Å². The molecule has 0 bridgehead atoms. The van der Waals surface area contributed by atoms with Crippen LogP contribution < -0.4 is 4.90 Å². The molecule has 0 N–H and O–H groups in total. The van der Waals surface area contributed by atoms with Crippen LogP contribution in [-0.4, -0.2) is 25.6 Å². The van der Waals surface area contributed by atoms with Crippen LogP contribution >= 0.6 is 22.9 Å². The molecule has 31 heavy (non-hydrogen) atoms.